The standard InChI is InChI=1S/C27H18N4O2.Na/c32-27(33)26-24-15-22-11-9-20(30-22)13-18-7-6-17(28-18)12-19-8-10-21(29-19)14-23(31-24)25(26)16-4-2-1-3-5-16;/h1-15,28,31H,(H,32,33);/q;+1/p-1. The van der Waals surface area contributed by atoms with E-state index in [4.69, 9.17) is 0 Å². The van der Waals surface area contributed by atoms with Crippen molar-refractivity contribution in [3.05, 3.63) is 95.1 Å². The van der Waals surface area contributed by atoms with Crippen molar-refractivity contribution in [1.29, 1.82) is 0 Å². The van der Waals surface area contributed by atoms with Gasteiger partial charge in [-0.3, -0.25) is 0 Å². The molecule has 0 saturated heterocycles. The maximum Gasteiger partial charge on any atom is 1.00 e. The Kier molecular flexibility index (Phi) is 5.79. The van der Waals surface area contributed by atoms with Gasteiger partial charge in [0.1, 0.15) is 0 Å². The van der Waals surface area contributed by atoms with E-state index >= 15 is 0 Å². The normalized spacial score (nSPS) is 11.9. The minimum atomic E-state index is -1.25. The van der Waals surface area contributed by atoms with Gasteiger partial charge in [0.2, 0.25) is 0 Å². The van der Waals surface area contributed by atoms with Crippen LogP contribution in [-0.4, -0.2) is 25.9 Å². The number of nitrogens with zero attached hydrogens (tertiary/aromatic N) is 2. The van der Waals surface area contributed by atoms with Crippen molar-refractivity contribution < 1.29 is 39.5 Å². The van der Waals surface area contributed by atoms with Crippen molar-refractivity contribution in [3.63, 3.8) is 0 Å². The predicted molar refractivity (Wildman–Crippen MR) is 129 cm³/mol. The van der Waals surface area contributed by atoms with Crippen LogP contribution >= 0.6 is 0 Å². The Morgan fingerprint density at radius 2 is 1.21 bits per heavy atom. The van der Waals surface area contributed by atoms with Crippen molar-refractivity contribution in [1.82, 2.24) is 19.9 Å². The minimum absolute atomic E-state index is 0. The number of aromatic amines is 2. The Labute approximate surface area is 217 Å². The average Bonchev–Trinajstić information content (AvgIpc) is 3.58. The van der Waals surface area contributed by atoms with Gasteiger partial charge in [-0.15, -0.1) is 0 Å². The smallest absolute Gasteiger partial charge is 0.545 e. The van der Waals surface area contributed by atoms with Crippen LogP contribution in [0.5, 0.6) is 0 Å². The van der Waals surface area contributed by atoms with Crippen LogP contribution in [0.3, 0.4) is 0 Å². The molecule has 7 heteroatoms. The van der Waals surface area contributed by atoms with E-state index in [1.807, 2.05) is 85.0 Å². The third-order valence-corrected chi connectivity index (χ3v) is 5.61. The Bertz CT molecular complexity index is 1650. The molecule has 0 atom stereocenters. The second-order valence-electron chi connectivity index (χ2n) is 7.89. The third kappa shape index (κ3) is 4.15. The van der Waals surface area contributed by atoms with Crippen LogP contribution < -0.4 is 34.7 Å². The molecule has 2 aliphatic rings. The number of aromatic nitrogens is 4. The van der Waals surface area contributed by atoms with E-state index in [0.29, 0.717) is 22.3 Å². The van der Waals surface area contributed by atoms with Crippen LogP contribution in [0.15, 0.2) is 66.7 Å². The second kappa shape index (κ2) is 8.91. The molecule has 0 saturated carbocycles. The van der Waals surface area contributed by atoms with E-state index in [1.165, 1.54) is 0 Å². The van der Waals surface area contributed by atoms with Crippen LogP contribution in [0.25, 0.3) is 57.5 Å². The Balaban J connectivity index is 0.00000241. The number of rotatable bonds is 2. The van der Waals surface area contributed by atoms with E-state index < -0.39 is 5.97 Å². The van der Waals surface area contributed by atoms with Gasteiger partial charge in [-0.1, -0.05) is 30.3 Å². The Morgan fingerprint density at radius 3 is 1.76 bits per heavy atom. The molecule has 3 aromatic heterocycles. The topological polar surface area (TPSA) is 97.5 Å². The molecule has 0 fully saturated rings. The van der Waals surface area contributed by atoms with Crippen LogP contribution in [-0.2, 0) is 0 Å². The van der Waals surface area contributed by atoms with Crippen molar-refractivity contribution in [2.45, 2.75) is 0 Å². The summed E-state index contributed by atoms with van der Waals surface area (Å²) in [5.74, 6) is -1.25. The summed E-state index contributed by atoms with van der Waals surface area (Å²) in [6.07, 6.45) is 7.58. The summed E-state index contributed by atoms with van der Waals surface area (Å²) in [6.45, 7) is 0. The van der Waals surface area contributed by atoms with Crippen molar-refractivity contribution in [2.24, 2.45) is 0 Å². The number of carbonyl (C=O) groups excluding carboxylic acids is 1. The number of fused-ring (bicyclic) bond motifs is 8. The van der Waals surface area contributed by atoms with Gasteiger partial charge in [-0.25, -0.2) is 9.97 Å². The molecule has 2 aliphatic heterocycles. The van der Waals surface area contributed by atoms with Crippen LogP contribution in [0, 0.1) is 0 Å². The fourth-order valence-electron chi connectivity index (χ4n) is 4.20. The van der Waals surface area contributed by atoms with E-state index in [-0.39, 0.29) is 35.1 Å². The van der Waals surface area contributed by atoms with E-state index in [1.54, 1.807) is 6.07 Å². The number of aromatic carboxylic acids is 1. The zero-order valence-corrected chi connectivity index (χ0v) is 20.4. The predicted octanol–water partition coefficient (Wildman–Crippen LogP) is 1.69. The molecule has 6 nitrogen and oxygen atoms in total. The monoisotopic (exact) mass is 452 g/mol. The first-order valence-corrected chi connectivity index (χ1v) is 10.5. The molecule has 8 bridgehead atoms. The largest absolute Gasteiger partial charge is 1.00 e. The number of H-pyrrole nitrogens is 2. The number of benzene rings is 1. The summed E-state index contributed by atoms with van der Waals surface area (Å²) in [4.78, 5) is 28.2. The minimum Gasteiger partial charge on any atom is -0.545 e. The molecule has 1 aromatic carbocycles. The molecule has 2 N–H and O–H groups in total. The molecule has 0 aliphatic carbocycles. The summed E-state index contributed by atoms with van der Waals surface area (Å²) in [6, 6.07) is 20.9. The van der Waals surface area contributed by atoms with Gasteiger partial charge >= 0.3 is 29.6 Å². The number of hydrogen-bond donors (Lipinski definition) is 2. The summed E-state index contributed by atoms with van der Waals surface area (Å²) in [5, 5.41) is 12.3. The van der Waals surface area contributed by atoms with Gasteiger partial charge in [0.25, 0.3) is 0 Å². The van der Waals surface area contributed by atoms with Gasteiger partial charge in [0.15, 0.2) is 0 Å². The molecule has 0 spiro atoms. The molecule has 4 aromatic rings. The molecule has 0 unspecified atom stereocenters. The zero-order valence-electron chi connectivity index (χ0n) is 18.4. The first-order valence-electron chi connectivity index (χ1n) is 10.5. The Hall–Kier alpha value is -3.71. The van der Waals surface area contributed by atoms with Crippen LogP contribution in [0.4, 0.5) is 0 Å². The third-order valence-electron chi connectivity index (χ3n) is 5.61. The quantitative estimate of drug-likeness (QED) is 0.391. The molecule has 0 amide bonds. The fourth-order valence-corrected chi connectivity index (χ4v) is 4.20. The van der Waals surface area contributed by atoms with Crippen molar-refractivity contribution >= 4 is 52.3 Å². The summed E-state index contributed by atoms with van der Waals surface area (Å²) in [7, 11) is 0. The number of carboxylic acids is 1. The first-order chi connectivity index (χ1) is 16.1. The van der Waals surface area contributed by atoms with Gasteiger partial charge in [-0.2, -0.15) is 0 Å². The zero-order chi connectivity index (χ0) is 22.4. The van der Waals surface area contributed by atoms with E-state index in [9.17, 15) is 9.90 Å². The number of nitrogens with one attached hydrogen (secondary N) is 2. The molecule has 0 radical (unpaired) electrons. The molecule has 6 rings (SSSR count). The van der Waals surface area contributed by atoms with Crippen molar-refractivity contribution in [2.75, 3.05) is 0 Å². The first kappa shape index (κ1) is 22.1. The van der Waals surface area contributed by atoms with Gasteiger partial charge < -0.3 is 19.9 Å². The second-order valence-corrected chi connectivity index (χ2v) is 7.89. The van der Waals surface area contributed by atoms with E-state index in [2.05, 4.69) is 19.9 Å². The van der Waals surface area contributed by atoms with Gasteiger partial charge in [-0.05, 0) is 66.3 Å². The van der Waals surface area contributed by atoms with Gasteiger partial charge in [0.05, 0.1) is 34.3 Å². The average molecular weight is 452 g/mol. The number of carboxylic acid groups (broad SMARTS) is 1. The fraction of sp³-hybridized carbons (Fsp3) is 0. The summed E-state index contributed by atoms with van der Waals surface area (Å²) < 4.78 is 0. The van der Waals surface area contributed by atoms with Gasteiger partial charge in [0, 0.05) is 27.7 Å². The van der Waals surface area contributed by atoms with E-state index in [0.717, 1.165) is 33.7 Å². The molecular weight excluding hydrogens is 435 g/mol. The number of carbonyl (C=O) groups is 1. The van der Waals surface area contributed by atoms with Crippen molar-refractivity contribution in [3.8, 4) is 11.1 Å². The molecule has 5 heterocycles. The molecule has 158 valence electrons. The molecule has 34 heavy (non-hydrogen) atoms. The maximum absolute atomic E-state index is 12.3. The maximum atomic E-state index is 12.3. The summed E-state index contributed by atoms with van der Waals surface area (Å²) in [5.41, 5.74) is 7.29. The molecular formula is C27H17N4NaO2. The van der Waals surface area contributed by atoms with Crippen LogP contribution in [0.1, 0.15) is 33.1 Å². The number of hydrogen-bond acceptors (Lipinski definition) is 4. The Morgan fingerprint density at radius 1 is 0.676 bits per heavy atom. The van der Waals surface area contributed by atoms with Crippen LogP contribution in [0.2, 0.25) is 0 Å². The summed E-state index contributed by atoms with van der Waals surface area (Å²) >= 11 is 0. The SMILES string of the molecule is O=C([O-])c1c(-c2ccccc2)c2cc3nc(cc4ccc(cc5nc(cc1[nH]2)C=C5)[nH]4)C=C3.[Na+].